The maximum absolute atomic E-state index is 11.8. The standard InChI is InChI=1S/C12H17O10P/c13-7-8(14)10(20-11(16)9(7)15)12(17)22-23(18,19)21-6-4-2-1-3-5-6/h1-5,7-17H,(H,18,19)/t7-,8-,9+,10-,11-,12?/m0/s1. The van der Waals surface area contributed by atoms with Gasteiger partial charge in [0, 0.05) is 0 Å². The van der Waals surface area contributed by atoms with Gasteiger partial charge in [-0.2, -0.15) is 0 Å². The van der Waals surface area contributed by atoms with E-state index in [1.165, 1.54) is 24.3 Å². The fourth-order valence-electron chi connectivity index (χ4n) is 1.96. The van der Waals surface area contributed by atoms with Gasteiger partial charge < -0.3 is 34.8 Å². The Balaban J connectivity index is 2.02. The van der Waals surface area contributed by atoms with E-state index in [0.717, 1.165) is 0 Å². The Kier molecular flexibility index (Phi) is 5.74. The van der Waals surface area contributed by atoms with Crippen molar-refractivity contribution < 1.29 is 48.8 Å². The van der Waals surface area contributed by atoms with Gasteiger partial charge in [-0.25, -0.2) is 9.09 Å². The summed E-state index contributed by atoms with van der Waals surface area (Å²) in [5, 5.41) is 47.6. The maximum atomic E-state index is 11.8. The minimum Gasteiger partial charge on any atom is -0.404 e. The van der Waals surface area contributed by atoms with E-state index in [1.807, 2.05) is 0 Å². The minimum absolute atomic E-state index is 0.00821. The van der Waals surface area contributed by atoms with E-state index in [4.69, 9.17) is 4.52 Å². The van der Waals surface area contributed by atoms with Gasteiger partial charge in [-0.1, -0.05) is 18.2 Å². The van der Waals surface area contributed by atoms with E-state index in [2.05, 4.69) is 9.26 Å². The lowest BCUT2D eigenvalue weighted by molar-refractivity contribution is -0.314. The van der Waals surface area contributed by atoms with E-state index in [-0.39, 0.29) is 5.75 Å². The Labute approximate surface area is 130 Å². The van der Waals surface area contributed by atoms with E-state index in [1.54, 1.807) is 6.07 Å². The molecule has 10 nitrogen and oxygen atoms in total. The molecule has 23 heavy (non-hydrogen) atoms. The van der Waals surface area contributed by atoms with E-state index in [0.29, 0.717) is 0 Å². The Morgan fingerprint density at radius 1 is 1.04 bits per heavy atom. The molecule has 6 N–H and O–H groups in total. The number of phosphoric ester groups is 1. The van der Waals surface area contributed by atoms with Crippen LogP contribution in [0.2, 0.25) is 0 Å². The molecule has 0 bridgehead atoms. The van der Waals surface area contributed by atoms with Crippen molar-refractivity contribution in [3.63, 3.8) is 0 Å². The van der Waals surface area contributed by atoms with E-state index in [9.17, 15) is 35.0 Å². The van der Waals surface area contributed by atoms with E-state index < -0.39 is 44.8 Å². The third-order valence-corrected chi connectivity index (χ3v) is 4.04. The van der Waals surface area contributed by atoms with Crippen LogP contribution in [0.15, 0.2) is 30.3 Å². The molecule has 130 valence electrons. The van der Waals surface area contributed by atoms with Crippen LogP contribution in [0.1, 0.15) is 0 Å². The number of hydrogen-bond donors (Lipinski definition) is 6. The highest BCUT2D eigenvalue weighted by Crippen LogP contribution is 2.45. The molecule has 1 fully saturated rings. The van der Waals surface area contributed by atoms with Crippen molar-refractivity contribution in [2.75, 3.05) is 0 Å². The minimum atomic E-state index is -4.79. The fourth-order valence-corrected chi connectivity index (χ4v) is 2.78. The van der Waals surface area contributed by atoms with Gasteiger partial charge in [0.05, 0.1) is 0 Å². The van der Waals surface area contributed by atoms with Gasteiger partial charge in [-0.3, -0.25) is 4.89 Å². The quantitative estimate of drug-likeness (QED) is 0.266. The molecule has 1 aromatic rings. The second kappa shape index (κ2) is 7.22. The lowest BCUT2D eigenvalue weighted by atomic mass is 9.99. The van der Waals surface area contributed by atoms with Crippen LogP contribution in [-0.2, 0) is 13.8 Å². The Morgan fingerprint density at radius 2 is 1.65 bits per heavy atom. The number of ether oxygens (including phenoxy) is 1. The van der Waals surface area contributed by atoms with Crippen molar-refractivity contribution in [3.8, 4) is 5.75 Å². The molecule has 2 unspecified atom stereocenters. The van der Waals surface area contributed by atoms with Gasteiger partial charge in [0.15, 0.2) is 12.6 Å². The second-order valence-electron chi connectivity index (χ2n) is 4.83. The summed E-state index contributed by atoms with van der Waals surface area (Å²) < 4.78 is 25.6. The first-order chi connectivity index (χ1) is 10.7. The van der Waals surface area contributed by atoms with Crippen molar-refractivity contribution in [2.24, 2.45) is 0 Å². The summed E-state index contributed by atoms with van der Waals surface area (Å²) in [7, 11) is -4.79. The van der Waals surface area contributed by atoms with E-state index >= 15 is 0 Å². The third kappa shape index (κ3) is 4.48. The van der Waals surface area contributed by atoms with Crippen LogP contribution in [0.5, 0.6) is 5.75 Å². The highest BCUT2D eigenvalue weighted by Gasteiger charge is 2.48. The highest BCUT2D eigenvalue weighted by atomic mass is 31.2. The van der Waals surface area contributed by atoms with Crippen LogP contribution in [-0.4, -0.2) is 67.4 Å². The summed E-state index contributed by atoms with van der Waals surface area (Å²) in [5.41, 5.74) is 0. The molecule has 1 heterocycles. The lowest BCUT2D eigenvalue weighted by Crippen LogP contribution is -2.60. The van der Waals surface area contributed by atoms with Crippen molar-refractivity contribution in [2.45, 2.75) is 37.0 Å². The zero-order valence-electron chi connectivity index (χ0n) is 11.6. The van der Waals surface area contributed by atoms with Crippen molar-refractivity contribution in [1.29, 1.82) is 0 Å². The number of rotatable bonds is 5. The summed E-state index contributed by atoms with van der Waals surface area (Å²) in [6.07, 6.45) is -11.5. The number of aliphatic hydroxyl groups excluding tert-OH is 5. The molecule has 0 aliphatic carbocycles. The van der Waals surface area contributed by atoms with Crippen LogP contribution in [0, 0.1) is 0 Å². The van der Waals surface area contributed by atoms with Crippen molar-refractivity contribution >= 4 is 7.82 Å². The van der Waals surface area contributed by atoms with Crippen LogP contribution >= 0.6 is 7.82 Å². The topological polar surface area (TPSA) is 166 Å². The van der Waals surface area contributed by atoms with Crippen LogP contribution in [0.25, 0.3) is 0 Å². The monoisotopic (exact) mass is 352 g/mol. The SMILES string of the molecule is O=P(O)(Oc1ccccc1)OC(O)[C@H]1O[C@H](O)[C@H](O)[C@@H](O)[C@@H]1O. The molecule has 1 aromatic carbocycles. The molecule has 1 aliphatic rings. The van der Waals surface area contributed by atoms with Gasteiger partial charge in [0.1, 0.15) is 30.2 Å². The summed E-state index contributed by atoms with van der Waals surface area (Å²) in [6.45, 7) is 0. The predicted octanol–water partition coefficient (Wildman–Crippen LogP) is -1.70. The summed E-state index contributed by atoms with van der Waals surface area (Å²) >= 11 is 0. The first kappa shape index (κ1) is 18.3. The molecule has 1 saturated heterocycles. The zero-order chi connectivity index (χ0) is 17.2. The molecule has 0 spiro atoms. The first-order valence-electron chi connectivity index (χ1n) is 6.53. The molecule has 0 saturated carbocycles. The number of phosphoric acid groups is 1. The van der Waals surface area contributed by atoms with Gasteiger partial charge in [0.25, 0.3) is 0 Å². The molecule has 2 rings (SSSR count). The maximum Gasteiger partial charge on any atom is 0.529 e. The smallest absolute Gasteiger partial charge is 0.404 e. The zero-order valence-corrected chi connectivity index (χ0v) is 12.5. The number of para-hydroxylation sites is 1. The average Bonchev–Trinajstić information content (AvgIpc) is 2.48. The molecular formula is C12H17O10P. The Bertz CT molecular complexity index is 554. The normalized spacial score (nSPS) is 35.3. The molecular weight excluding hydrogens is 335 g/mol. The van der Waals surface area contributed by atoms with Gasteiger partial charge in [0.2, 0.25) is 0 Å². The predicted molar refractivity (Wildman–Crippen MR) is 72.9 cm³/mol. The summed E-state index contributed by atoms with van der Waals surface area (Å²) in [6, 6.07) is 7.45. The Hall–Kier alpha value is -1.07. The molecule has 0 amide bonds. The van der Waals surface area contributed by atoms with Crippen molar-refractivity contribution in [3.05, 3.63) is 30.3 Å². The average molecular weight is 352 g/mol. The van der Waals surface area contributed by atoms with Gasteiger partial charge in [-0.15, -0.1) is 0 Å². The van der Waals surface area contributed by atoms with Crippen LogP contribution in [0.3, 0.4) is 0 Å². The van der Waals surface area contributed by atoms with Gasteiger partial charge >= 0.3 is 7.82 Å². The number of aliphatic hydroxyl groups is 5. The first-order valence-corrected chi connectivity index (χ1v) is 8.02. The summed E-state index contributed by atoms with van der Waals surface area (Å²) in [5.74, 6) is -0.00821. The number of benzene rings is 1. The summed E-state index contributed by atoms with van der Waals surface area (Å²) in [4.78, 5) is 9.58. The van der Waals surface area contributed by atoms with Crippen LogP contribution in [0.4, 0.5) is 0 Å². The molecule has 0 radical (unpaired) electrons. The molecule has 7 atom stereocenters. The molecule has 0 aromatic heterocycles. The highest BCUT2D eigenvalue weighted by molar-refractivity contribution is 7.47. The fraction of sp³-hybridized carbons (Fsp3) is 0.500. The third-order valence-electron chi connectivity index (χ3n) is 3.11. The number of hydrogen-bond acceptors (Lipinski definition) is 9. The largest absolute Gasteiger partial charge is 0.529 e. The van der Waals surface area contributed by atoms with Crippen molar-refractivity contribution in [1.82, 2.24) is 0 Å². The molecule has 1 aliphatic heterocycles. The van der Waals surface area contributed by atoms with Crippen LogP contribution < -0.4 is 4.52 Å². The Morgan fingerprint density at radius 3 is 2.26 bits per heavy atom. The lowest BCUT2D eigenvalue weighted by Gasteiger charge is -2.39. The molecule has 11 heteroatoms. The second-order valence-corrected chi connectivity index (χ2v) is 6.16. The van der Waals surface area contributed by atoms with Gasteiger partial charge in [-0.05, 0) is 12.1 Å².